The second kappa shape index (κ2) is 10.5. The van der Waals surface area contributed by atoms with Crippen LogP contribution in [0.4, 0.5) is 10.5 Å². The fourth-order valence-electron chi connectivity index (χ4n) is 4.68. The Bertz CT molecular complexity index is 1530. The number of para-hydroxylation sites is 1. The molecule has 11 nitrogen and oxygen atoms in total. The highest BCUT2D eigenvalue weighted by Gasteiger charge is 2.37. The Morgan fingerprint density at radius 2 is 1.79 bits per heavy atom. The molecule has 1 aromatic heterocycles. The minimum Gasteiger partial charge on any atom is -0.454 e. The van der Waals surface area contributed by atoms with Gasteiger partial charge in [-0.25, -0.2) is 0 Å². The Balaban J connectivity index is 1.19. The van der Waals surface area contributed by atoms with Crippen LogP contribution in [0.15, 0.2) is 53.6 Å². The van der Waals surface area contributed by atoms with Crippen molar-refractivity contribution < 1.29 is 33.4 Å². The Morgan fingerprint density at radius 1 is 1.00 bits per heavy atom. The van der Waals surface area contributed by atoms with E-state index in [1.54, 1.807) is 39.9 Å². The largest absolute Gasteiger partial charge is 0.454 e. The molecule has 0 aliphatic carbocycles. The van der Waals surface area contributed by atoms with Gasteiger partial charge in [0.2, 0.25) is 18.6 Å². The Morgan fingerprint density at radius 3 is 2.64 bits per heavy atom. The zero-order valence-corrected chi connectivity index (χ0v) is 21.6. The Hall–Kier alpha value is -4.29. The lowest BCUT2D eigenvalue weighted by Crippen LogP contribution is -2.46. The van der Waals surface area contributed by atoms with E-state index < -0.39 is 11.1 Å². The van der Waals surface area contributed by atoms with E-state index in [2.05, 4.69) is 5.32 Å². The summed E-state index contributed by atoms with van der Waals surface area (Å²) in [6.07, 6.45) is 3.41. The van der Waals surface area contributed by atoms with Crippen LogP contribution >= 0.6 is 11.8 Å². The van der Waals surface area contributed by atoms with Crippen LogP contribution in [0, 0.1) is 0 Å². The molecule has 0 bridgehead atoms. The molecule has 2 fully saturated rings. The first-order valence-corrected chi connectivity index (χ1v) is 13.2. The van der Waals surface area contributed by atoms with Gasteiger partial charge in [-0.15, -0.1) is 0 Å². The SMILES string of the molecule is O=C(Cn1cc(/C=C2\SC(=O)N(CC(=O)N3CCOCC3)C2=O)c2ccccc21)Nc1ccc2c(c1)OCO2. The van der Waals surface area contributed by atoms with Crippen LogP contribution in [0.2, 0.25) is 0 Å². The average Bonchev–Trinajstić information content (AvgIpc) is 3.62. The lowest BCUT2D eigenvalue weighted by molar-refractivity contribution is -0.139. The minimum atomic E-state index is -0.510. The quantitative estimate of drug-likeness (QED) is 0.467. The van der Waals surface area contributed by atoms with Gasteiger partial charge >= 0.3 is 0 Å². The van der Waals surface area contributed by atoms with Crippen molar-refractivity contribution in [1.82, 2.24) is 14.4 Å². The summed E-state index contributed by atoms with van der Waals surface area (Å²) < 4.78 is 17.7. The number of aromatic nitrogens is 1. The Kier molecular flexibility index (Phi) is 6.71. The maximum Gasteiger partial charge on any atom is 0.294 e. The average molecular weight is 549 g/mol. The molecule has 0 spiro atoms. The highest BCUT2D eigenvalue weighted by molar-refractivity contribution is 8.18. The van der Waals surface area contributed by atoms with Gasteiger partial charge in [-0.2, -0.15) is 0 Å². The number of fused-ring (bicyclic) bond motifs is 2. The molecule has 4 amide bonds. The Labute approximate surface area is 227 Å². The smallest absolute Gasteiger partial charge is 0.294 e. The van der Waals surface area contributed by atoms with Gasteiger partial charge in [0.15, 0.2) is 11.5 Å². The van der Waals surface area contributed by atoms with E-state index in [1.165, 1.54) is 0 Å². The van der Waals surface area contributed by atoms with Crippen molar-refractivity contribution in [2.45, 2.75) is 6.54 Å². The van der Waals surface area contributed by atoms with E-state index >= 15 is 0 Å². The molecule has 39 heavy (non-hydrogen) atoms. The summed E-state index contributed by atoms with van der Waals surface area (Å²) in [7, 11) is 0. The van der Waals surface area contributed by atoms with Crippen molar-refractivity contribution in [3.63, 3.8) is 0 Å². The number of carbonyl (C=O) groups excluding carboxylic acids is 4. The number of hydrogen-bond acceptors (Lipinski definition) is 8. The molecule has 0 radical (unpaired) electrons. The topological polar surface area (TPSA) is 119 Å². The van der Waals surface area contributed by atoms with Gasteiger partial charge in [0.25, 0.3) is 11.1 Å². The maximum absolute atomic E-state index is 13.1. The van der Waals surface area contributed by atoms with Crippen LogP contribution in [0.25, 0.3) is 17.0 Å². The highest BCUT2D eigenvalue weighted by Crippen LogP contribution is 2.35. The van der Waals surface area contributed by atoms with Crippen LogP contribution in [-0.4, -0.2) is 77.0 Å². The zero-order valence-electron chi connectivity index (χ0n) is 20.8. The van der Waals surface area contributed by atoms with Crippen LogP contribution in [0.5, 0.6) is 11.5 Å². The molecular formula is C27H24N4O7S. The van der Waals surface area contributed by atoms with Gasteiger partial charge in [0, 0.05) is 47.5 Å². The number of benzene rings is 2. The van der Waals surface area contributed by atoms with E-state index in [-0.39, 0.29) is 36.6 Å². The molecule has 3 aromatic rings. The molecule has 0 saturated carbocycles. The number of carbonyl (C=O) groups is 4. The van der Waals surface area contributed by atoms with E-state index in [9.17, 15) is 19.2 Å². The van der Waals surface area contributed by atoms with E-state index in [0.717, 1.165) is 27.6 Å². The molecule has 0 unspecified atom stereocenters. The first-order valence-electron chi connectivity index (χ1n) is 12.3. The first-order chi connectivity index (χ1) is 19.0. The number of anilines is 1. The number of amides is 4. The van der Waals surface area contributed by atoms with Crippen molar-refractivity contribution in [2.24, 2.45) is 0 Å². The molecular weight excluding hydrogens is 524 g/mol. The molecule has 6 rings (SSSR count). The highest BCUT2D eigenvalue weighted by atomic mass is 32.2. The molecule has 0 atom stereocenters. The van der Waals surface area contributed by atoms with Crippen molar-refractivity contribution in [2.75, 3.05) is 45.0 Å². The van der Waals surface area contributed by atoms with Crippen molar-refractivity contribution in [3.05, 3.63) is 59.1 Å². The third kappa shape index (κ3) is 5.08. The van der Waals surface area contributed by atoms with E-state index in [1.807, 2.05) is 24.3 Å². The number of rotatable bonds is 6. The summed E-state index contributed by atoms with van der Waals surface area (Å²) in [5.74, 6) is 0.157. The number of morpholine rings is 1. The molecule has 4 heterocycles. The second-order valence-electron chi connectivity index (χ2n) is 9.11. The predicted octanol–water partition coefficient (Wildman–Crippen LogP) is 2.90. The molecule has 3 aliphatic heterocycles. The van der Waals surface area contributed by atoms with Gasteiger partial charge in [0.1, 0.15) is 13.1 Å². The van der Waals surface area contributed by atoms with Crippen LogP contribution in [0.3, 0.4) is 0 Å². The van der Waals surface area contributed by atoms with E-state index in [4.69, 9.17) is 14.2 Å². The fraction of sp³-hybridized carbons (Fsp3) is 0.259. The third-order valence-electron chi connectivity index (χ3n) is 6.61. The van der Waals surface area contributed by atoms with Crippen molar-refractivity contribution in [1.29, 1.82) is 0 Å². The zero-order chi connectivity index (χ0) is 26.9. The molecule has 12 heteroatoms. The van der Waals surface area contributed by atoms with Gasteiger partial charge < -0.3 is 29.0 Å². The normalized spacial score (nSPS) is 17.9. The van der Waals surface area contributed by atoms with Gasteiger partial charge in [0.05, 0.1) is 18.1 Å². The number of thioether (sulfide) groups is 1. The first kappa shape index (κ1) is 25.0. The van der Waals surface area contributed by atoms with Gasteiger partial charge in [-0.05, 0) is 36.0 Å². The number of hydrogen-bond donors (Lipinski definition) is 1. The van der Waals surface area contributed by atoms with Crippen LogP contribution in [-0.2, 0) is 25.7 Å². The van der Waals surface area contributed by atoms with E-state index in [0.29, 0.717) is 49.1 Å². The third-order valence-corrected chi connectivity index (χ3v) is 7.51. The number of nitrogens with one attached hydrogen (secondary N) is 1. The van der Waals surface area contributed by atoms with Gasteiger partial charge in [-0.3, -0.25) is 24.1 Å². The molecule has 2 saturated heterocycles. The molecule has 200 valence electrons. The summed E-state index contributed by atoms with van der Waals surface area (Å²) in [6, 6.07) is 12.7. The van der Waals surface area contributed by atoms with Crippen molar-refractivity contribution in [3.8, 4) is 11.5 Å². The second-order valence-corrected chi connectivity index (χ2v) is 10.1. The lowest BCUT2D eigenvalue weighted by atomic mass is 10.1. The minimum absolute atomic E-state index is 0.0261. The summed E-state index contributed by atoms with van der Waals surface area (Å²) >= 11 is 0.801. The van der Waals surface area contributed by atoms with Crippen molar-refractivity contribution >= 4 is 57.4 Å². The van der Waals surface area contributed by atoms with Gasteiger partial charge in [-0.1, -0.05) is 18.2 Å². The van der Waals surface area contributed by atoms with Crippen LogP contribution in [0.1, 0.15) is 5.56 Å². The molecule has 1 N–H and O–H groups in total. The summed E-state index contributed by atoms with van der Waals surface area (Å²) in [6.45, 7) is 1.62. The summed E-state index contributed by atoms with van der Waals surface area (Å²) in [5.41, 5.74) is 2.07. The summed E-state index contributed by atoms with van der Waals surface area (Å²) in [5, 5.41) is 3.20. The lowest BCUT2D eigenvalue weighted by Gasteiger charge is -2.28. The summed E-state index contributed by atoms with van der Waals surface area (Å²) in [4.78, 5) is 54.0. The monoisotopic (exact) mass is 548 g/mol. The number of ether oxygens (including phenoxy) is 3. The van der Waals surface area contributed by atoms with Crippen LogP contribution < -0.4 is 14.8 Å². The maximum atomic E-state index is 13.1. The fourth-order valence-corrected chi connectivity index (χ4v) is 5.51. The molecule has 2 aromatic carbocycles. The standard InChI is InChI=1S/C27H24N4O7S/c32-24(28-18-5-6-21-22(12-18)38-16-37-21)14-30-13-17(19-3-1-2-4-20(19)30)11-23-26(34)31(27(35)39-23)15-25(33)29-7-9-36-10-8-29/h1-6,11-13H,7-10,14-16H2,(H,28,32)/b23-11-. The molecule has 3 aliphatic rings. The number of imide groups is 1. The number of nitrogens with zero attached hydrogens (tertiary/aromatic N) is 3. The predicted molar refractivity (Wildman–Crippen MR) is 143 cm³/mol.